The molecule has 1 aromatic heterocycles. The van der Waals surface area contributed by atoms with Gasteiger partial charge in [0.05, 0.1) is 6.04 Å². The minimum Gasteiger partial charge on any atom is -0.480 e. The fraction of sp³-hybridized carbons (Fsp3) is 0.357. The first-order valence-corrected chi connectivity index (χ1v) is 12.8. The summed E-state index contributed by atoms with van der Waals surface area (Å²) in [4.78, 5) is 54.1. The molecule has 0 aliphatic carbocycles. The van der Waals surface area contributed by atoms with E-state index in [0.717, 1.165) is 35.0 Å². The lowest BCUT2D eigenvalue weighted by Gasteiger charge is -2.24. The molecule has 0 saturated carbocycles. The van der Waals surface area contributed by atoms with Crippen LogP contribution < -0.4 is 21.3 Å². The van der Waals surface area contributed by atoms with Crippen molar-refractivity contribution in [2.75, 3.05) is 6.54 Å². The third-order valence-electron chi connectivity index (χ3n) is 6.76. The Labute approximate surface area is 220 Å². The molecule has 6 N–H and O–H groups in total. The van der Waals surface area contributed by atoms with Gasteiger partial charge in [-0.3, -0.25) is 14.4 Å². The first kappa shape index (κ1) is 26.9. The summed E-state index contributed by atoms with van der Waals surface area (Å²) < 4.78 is 0. The number of carbonyl (C=O) groups excluding carboxylic acids is 3. The van der Waals surface area contributed by atoms with Crippen LogP contribution in [0.4, 0.5) is 0 Å². The number of hydrogen-bond acceptors (Lipinski definition) is 5. The van der Waals surface area contributed by atoms with Crippen molar-refractivity contribution in [1.82, 2.24) is 26.3 Å². The molecule has 1 saturated heterocycles. The summed E-state index contributed by atoms with van der Waals surface area (Å²) in [7, 11) is 0. The Morgan fingerprint density at radius 2 is 1.63 bits per heavy atom. The number of aliphatic carboxylic acids is 1. The van der Waals surface area contributed by atoms with Crippen LogP contribution in [-0.2, 0) is 32.0 Å². The van der Waals surface area contributed by atoms with Gasteiger partial charge in [-0.15, -0.1) is 0 Å². The predicted molar refractivity (Wildman–Crippen MR) is 142 cm³/mol. The van der Waals surface area contributed by atoms with Crippen LogP contribution in [0.15, 0.2) is 60.8 Å². The molecule has 2 aromatic carbocycles. The summed E-state index contributed by atoms with van der Waals surface area (Å²) in [6.45, 7) is 2.30. The Morgan fingerprint density at radius 1 is 0.921 bits per heavy atom. The summed E-state index contributed by atoms with van der Waals surface area (Å²) >= 11 is 0. The Hall–Kier alpha value is -4.18. The largest absolute Gasteiger partial charge is 0.480 e. The molecule has 200 valence electrons. The third-order valence-corrected chi connectivity index (χ3v) is 6.76. The molecule has 38 heavy (non-hydrogen) atoms. The summed E-state index contributed by atoms with van der Waals surface area (Å²) in [6, 6.07) is 13.1. The van der Waals surface area contributed by atoms with Crippen molar-refractivity contribution in [3.05, 3.63) is 71.9 Å². The SMILES string of the molecule is CC(NC(=O)C1CCCN1)C(=O)NC(Cc1c[nH]c2ccccc12)C(=O)NC(Cc1ccccc1)C(=O)O. The minimum atomic E-state index is -1.18. The van der Waals surface area contributed by atoms with Crippen molar-refractivity contribution >= 4 is 34.6 Å². The van der Waals surface area contributed by atoms with Gasteiger partial charge < -0.3 is 31.4 Å². The first-order valence-electron chi connectivity index (χ1n) is 12.8. The van der Waals surface area contributed by atoms with Crippen molar-refractivity contribution in [3.63, 3.8) is 0 Å². The van der Waals surface area contributed by atoms with Gasteiger partial charge >= 0.3 is 5.97 Å². The molecule has 10 heteroatoms. The topological polar surface area (TPSA) is 152 Å². The van der Waals surface area contributed by atoms with E-state index in [4.69, 9.17) is 0 Å². The highest BCUT2D eigenvalue weighted by atomic mass is 16.4. The Bertz CT molecular complexity index is 1290. The highest BCUT2D eigenvalue weighted by molar-refractivity contribution is 5.94. The second kappa shape index (κ2) is 12.4. The number of nitrogens with one attached hydrogen (secondary N) is 5. The number of benzene rings is 2. The van der Waals surface area contributed by atoms with Crippen LogP contribution in [0.1, 0.15) is 30.9 Å². The molecule has 4 unspecified atom stereocenters. The second-order valence-electron chi connectivity index (χ2n) is 9.59. The van der Waals surface area contributed by atoms with Crippen molar-refractivity contribution in [2.24, 2.45) is 0 Å². The lowest BCUT2D eigenvalue weighted by atomic mass is 10.0. The van der Waals surface area contributed by atoms with E-state index in [-0.39, 0.29) is 24.8 Å². The van der Waals surface area contributed by atoms with E-state index < -0.39 is 35.9 Å². The van der Waals surface area contributed by atoms with Gasteiger partial charge in [-0.05, 0) is 43.5 Å². The zero-order chi connectivity index (χ0) is 27.1. The van der Waals surface area contributed by atoms with Crippen molar-refractivity contribution in [1.29, 1.82) is 0 Å². The monoisotopic (exact) mass is 519 g/mol. The summed E-state index contributed by atoms with van der Waals surface area (Å²) in [5.74, 6) is -2.60. The van der Waals surface area contributed by atoms with Crippen LogP contribution in [0.3, 0.4) is 0 Å². The summed E-state index contributed by atoms with van der Waals surface area (Å²) in [5, 5.41) is 21.8. The average molecular weight is 520 g/mol. The quantitative estimate of drug-likeness (QED) is 0.224. The molecular weight excluding hydrogens is 486 g/mol. The lowest BCUT2D eigenvalue weighted by molar-refractivity contribution is -0.142. The zero-order valence-corrected chi connectivity index (χ0v) is 21.2. The number of carbonyl (C=O) groups is 4. The molecule has 1 fully saturated rings. The maximum absolute atomic E-state index is 13.4. The first-order chi connectivity index (χ1) is 18.3. The smallest absolute Gasteiger partial charge is 0.326 e. The molecule has 10 nitrogen and oxygen atoms in total. The van der Waals surface area contributed by atoms with Gasteiger partial charge in [0.25, 0.3) is 0 Å². The van der Waals surface area contributed by atoms with E-state index in [9.17, 15) is 24.3 Å². The van der Waals surface area contributed by atoms with E-state index in [1.165, 1.54) is 0 Å². The van der Waals surface area contributed by atoms with E-state index in [1.807, 2.05) is 30.3 Å². The van der Waals surface area contributed by atoms with Crippen LogP contribution in [0, 0.1) is 0 Å². The van der Waals surface area contributed by atoms with Crippen LogP contribution in [-0.4, -0.2) is 64.5 Å². The van der Waals surface area contributed by atoms with E-state index in [1.54, 1.807) is 37.4 Å². The summed E-state index contributed by atoms with van der Waals surface area (Å²) in [6.07, 6.45) is 3.58. The average Bonchev–Trinajstić information content (AvgIpc) is 3.59. The second-order valence-corrected chi connectivity index (χ2v) is 9.59. The minimum absolute atomic E-state index is 0.0938. The number of fused-ring (bicyclic) bond motifs is 1. The normalized spacial score (nSPS) is 17.3. The number of rotatable bonds is 11. The van der Waals surface area contributed by atoms with Crippen molar-refractivity contribution < 1.29 is 24.3 Å². The lowest BCUT2D eigenvalue weighted by Crippen LogP contribution is -2.57. The molecule has 0 bridgehead atoms. The van der Waals surface area contributed by atoms with Gasteiger partial charge in [0.15, 0.2) is 0 Å². The van der Waals surface area contributed by atoms with Crippen molar-refractivity contribution in [3.8, 4) is 0 Å². The van der Waals surface area contributed by atoms with E-state index >= 15 is 0 Å². The molecule has 1 aliphatic heterocycles. The third kappa shape index (κ3) is 6.77. The molecular formula is C28H33N5O5. The van der Waals surface area contributed by atoms with Gasteiger partial charge in [0.1, 0.15) is 18.1 Å². The molecule has 0 radical (unpaired) electrons. The predicted octanol–water partition coefficient (Wildman–Crippen LogP) is 1.26. The fourth-order valence-corrected chi connectivity index (χ4v) is 4.64. The van der Waals surface area contributed by atoms with Crippen LogP contribution in [0.5, 0.6) is 0 Å². The van der Waals surface area contributed by atoms with Gasteiger partial charge in [0, 0.05) is 29.9 Å². The van der Waals surface area contributed by atoms with Gasteiger partial charge in [-0.25, -0.2) is 4.79 Å². The molecule has 3 amide bonds. The number of carboxylic acid groups (broad SMARTS) is 1. The number of amides is 3. The summed E-state index contributed by atoms with van der Waals surface area (Å²) in [5.41, 5.74) is 2.43. The molecule has 4 rings (SSSR count). The van der Waals surface area contributed by atoms with Crippen molar-refractivity contribution in [2.45, 2.75) is 56.8 Å². The number of carboxylic acids is 1. The Morgan fingerprint density at radius 3 is 2.34 bits per heavy atom. The Balaban J connectivity index is 1.50. The molecule has 3 aromatic rings. The number of H-pyrrole nitrogens is 1. The van der Waals surface area contributed by atoms with Crippen LogP contribution >= 0.6 is 0 Å². The number of hydrogen-bond donors (Lipinski definition) is 6. The van der Waals surface area contributed by atoms with Gasteiger partial charge in [0.2, 0.25) is 17.7 Å². The Kier molecular flexibility index (Phi) is 8.75. The number of aromatic nitrogens is 1. The molecule has 2 heterocycles. The van der Waals surface area contributed by atoms with Gasteiger partial charge in [-0.2, -0.15) is 0 Å². The highest BCUT2D eigenvalue weighted by Gasteiger charge is 2.30. The fourth-order valence-electron chi connectivity index (χ4n) is 4.64. The number of para-hydroxylation sites is 1. The van der Waals surface area contributed by atoms with E-state index in [2.05, 4.69) is 26.3 Å². The highest BCUT2D eigenvalue weighted by Crippen LogP contribution is 2.19. The maximum atomic E-state index is 13.4. The van der Waals surface area contributed by atoms with Crippen LogP contribution in [0.25, 0.3) is 10.9 Å². The molecule has 4 atom stereocenters. The van der Waals surface area contributed by atoms with Crippen LogP contribution in [0.2, 0.25) is 0 Å². The molecule has 1 aliphatic rings. The van der Waals surface area contributed by atoms with E-state index in [0.29, 0.717) is 6.42 Å². The standard InChI is InChI=1S/C28H33N5O5/c1-17(31-26(35)22-12-7-13-29-22)25(34)32-23(15-19-16-30-21-11-6-5-10-20(19)21)27(36)33-24(28(37)38)14-18-8-3-2-4-9-18/h2-6,8-11,16-17,22-24,29-30H,7,12-15H2,1H3,(H,31,35)(H,32,34)(H,33,36)(H,37,38). The zero-order valence-electron chi connectivity index (χ0n) is 21.2. The molecule has 0 spiro atoms. The maximum Gasteiger partial charge on any atom is 0.326 e. The number of aromatic amines is 1. The van der Waals surface area contributed by atoms with Gasteiger partial charge in [-0.1, -0.05) is 48.5 Å².